The number of fused-ring (bicyclic) bond motifs is 2. The van der Waals surface area contributed by atoms with Crippen molar-refractivity contribution in [2.75, 3.05) is 0 Å². The highest BCUT2D eigenvalue weighted by Crippen LogP contribution is 2.57. The van der Waals surface area contributed by atoms with Gasteiger partial charge in [0, 0.05) is 0 Å². The molecule has 0 aromatic carbocycles. The van der Waals surface area contributed by atoms with Gasteiger partial charge in [0.1, 0.15) is 0 Å². The molecule has 0 radical (unpaired) electrons. The highest BCUT2D eigenvalue weighted by molar-refractivity contribution is 7.45. The SMILES string of the molecule is C[Si](Cl)(Cl)[C@@H]1C[C@H]2CC[C@@H]1C2. The molecule has 0 N–H and O–H groups in total. The van der Waals surface area contributed by atoms with Crippen LogP contribution in [0.1, 0.15) is 25.7 Å². The van der Waals surface area contributed by atoms with Crippen LogP contribution in [0.15, 0.2) is 0 Å². The molecule has 0 aromatic rings. The van der Waals surface area contributed by atoms with Crippen molar-refractivity contribution in [2.45, 2.75) is 37.8 Å². The maximum Gasteiger partial charge on any atom is 0.251 e. The monoisotopic (exact) mass is 208 g/mol. The standard InChI is InChI=1S/C8H14Cl2Si/c1-11(9,10)8-5-6-2-3-7(8)4-6/h6-8H,2-5H2,1H3/t6-,7+,8+/m0/s1. The fourth-order valence-corrected chi connectivity index (χ4v) is 6.35. The Kier molecular flexibility index (Phi) is 2.02. The summed E-state index contributed by atoms with van der Waals surface area (Å²) in [4.78, 5) is 0. The third-order valence-corrected chi connectivity index (χ3v) is 7.08. The smallest absolute Gasteiger partial charge is 0.146 e. The van der Waals surface area contributed by atoms with Gasteiger partial charge in [-0.2, -0.15) is 0 Å². The summed E-state index contributed by atoms with van der Waals surface area (Å²) in [5.74, 6) is 1.88. The van der Waals surface area contributed by atoms with Gasteiger partial charge in [-0.1, -0.05) is 12.8 Å². The number of rotatable bonds is 1. The normalized spacial score (nSPS) is 43.4. The molecule has 2 aliphatic rings. The number of halogens is 2. The highest BCUT2D eigenvalue weighted by atomic mass is 35.7. The maximum absolute atomic E-state index is 6.24. The van der Waals surface area contributed by atoms with Crippen molar-refractivity contribution in [3.05, 3.63) is 0 Å². The largest absolute Gasteiger partial charge is 0.251 e. The van der Waals surface area contributed by atoms with Crippen LogP contribution < -0.4 is 0 Å². The van der Waals surface area contributed by atoms with E-state index < -0.39 is 6.69 Å². The van der Waals surface area contributed by atoms with E-state index in [1.807, 2.05) is 0 Å². The lowest BCUT2D eigenvalue weighted by molar-refractivity contribution is 0.475. The minimum atomic E-state index is -1.83. The van der Waals surface area contributed by atoms with Crippen LogP contribution in [0.2, 0.25) is 12.1 Å². The summed E-state index contributed by atoms with van der Waals surface area (Å²) >= 11 is 12.5. The van der Waals surface area contributed by atoms with Crippen LogP contribution in [-0.2, 0) is 0 Å². The fraction of sp³-hybridized carbons (Fsp3) is 1.00. The highest BCUT2D eigenvalue weighted by Gasteiger charge is 2.48. The summed E-state index contributed by atoms with van der Waals surface area (Å²) in [5.41, 5.74) is 0.713. The van der Waals surface area contributed by atoms with Gasteiger partial charge in [0.25, 0.3) is 6.69 Å². The Morgan fingerprint density at radius 3 is 2.18 bits per heavy atom. The first-order chi connectivity index (χ1) is 5.07. The van der Waals surface area contributed by atoms with Gasteiger partial charge in [-0.3, -0.25) is 0 Å². The molecular weight excluding hydrogens is 195 g/mol. The quantitative estimate of drug-likeness (QED) is 0.456. The molecule has 2 aliphatic carbocycles. The molecule has 0 spiro atoms. The zero-order valence-corrected chi connectivity index (χ0v) is 9.33. The van der Waals surface area contributed by atoms with E-state index in [4.69, 9.17) is 22.2 Å². The average Bonchev–Trinajstić information content (AvgIpc) is 2.42. The Bertz CT molecular complexity index is 164. The second-order valence-corrected chi connectivity index (χ2v) is 12.2. The van der Waals surface area contributed by atoms with Crippen molar-refractivity contribution in [1.29, 1.82) is 0 Å². The predicted octanol–water partition coefficient (Wildman–Crippen LogP) is 3.73. The van der Waals surface area contributed by atoms with Gasteiger partial charge in [-0.05, 0) is 36.8 Å². The van der Waals surface area contributed by atoms with Crippen LogP contribution in [-0.4, -0.2) is 6.69 Å². The van der Waals surface area contributed by atoms with Crippen LogP contribution in [0.5, 0.6) is 0 Å². The average molecular weight is 209 g/mol. The molecule has 11 heavy (non-hydrogen) atoms. The van der Waals surface area contributed by atoms with E-state index in [0.717, 1.165) is 11.8 Å². The van der Waals surface area contributed by atoms with E-state index in [1.54, 1.807) is 0 Å². The molecule has 0 aromatic heterocycles. The Hall–Kier alpha value is 0.797. The number of hydrogen-bond acceptors (Lipinski definition) is 0. The molecule has 0 saturated heterocycles. The molecule has 3 atom stereocenters. The van der Waals surface area contributed by atoms with Crippen molar-refractivity contribution in [2.24, 2.45) is 11.8 Å². The Balaban J connectivity index is 2.08. The number of hydrogen-bond donors (Lipinski definition) is 0. The summed E-state index contributed by atoms with van der Waals surface area (Å²) in [6.45, 7) is 0.251. The first-order valence-electron chi connectivity index (χ1n) is 4.45. The Labute approximate surface area is 78.7 Å². The van der Waals surface area contributed by atoms with Crippen molar-refractivity contribution in [3.63, 3.8) is 0 Å². The summed E-state index contributed by atoms with van der Waals surface area (Å²) in [6.07, 6.45) is 5.60. The van der Waals surface area contributed by atoms with Gasteiger partial charge in [-0.15, -0.1) is 22.2 Å². The van der Waals surface area contributed by atoms with E-state index in [1.165, 1.54) is 25.7 Å². The summed E-state index contributed by atoms with van der Waals surface area (Å²) in [7, 11) is 0. The topological polar surface area (TPSA) is 0 Å². The molecule has 2 rings (SSSR count). The lowest BCUT2D eigenvalue weighted by atomic mass is 10.0. The van der Waals surface area contributed by atoms with Gasteiger partial charge in [0.05, 0.1) is 0 Å². The molecule has 2 saturated carbocycles. The lowest BCUT2D eigenvalue weighted by Gasteiger charge is -2.27. The fourth-order valence-electron chi connectivity index (χ4n) is 2.87. The summed E-state index contributed by atoms with van der Waals surface area (Å²) < 4.78 is 0. The molecular formula is C8H14Cl2Si. The lowest BCUT2D eigenvalue weighted by Crippen LogP contribution is -2.26. The van der Waals surface area contributed by atoms with Gasteiger partial charge < -0.3 is 0 Å². The molecule has 2 bridgehead atoms. The van der Waals surface area contributed by atoms with Crippen LogP contribution in [0.3, 0.4) is 0 Å². The van der Waals surface area contributed by atoms with Crippen molar-refractivity contribution >= 4 is 28.9 Å². The molecule has 0 unspecified atom stereocenters. The van der Waals surface area contributed by atoms with Gasteiger partial charge in [0.2, 0.25) is 0 Å². The second kappa shape index (κ2) is 2.64. The molecule has 0 aliphatic heterocycles. The zero-order valence-electron chi connectivity index (χ0n) is 6.82. The molecule has 2 fully saturated rings. The van der Waals surface area contributed by atoms with E-state index in [0.29, 0.717) is 5.54 Å². The molecule has 0 nitrogen and oxygen atoms in total. The molecule has 0 amide bonds. The van der Waals surface area contributed by atoms with Gasteiger partial charge in [-0.25, -0.2) is 0 Å². The predicted molar refractivity (Wildman–Crippen MR) is 52.5 cm³/mol. The van der Waals surface area contributed by atoms with E-state index in [2.05, 4.69) is 6.55 Å². The van der Waals surface area contributed by atoms with E-state index >= 15 is 0 Å². The minimum absolute atomic E-state index is 0.713. The molecule has 3 heteroatoms. The third kappa shape index (κ3) is 1.48. The van der Waals surface area contributed by atoms with Crippen molar-refractivity contribution in [1.82, 2.24) is 0 Å². The van der Waals surface area contributed by atoms with Crippen LogP contribution in [0, 0.1) is 11.8 Å². The van der Waals surface area contributed by atoms with E-state index in [-0.39, 0.29) is 0 Å². The molecule has 0 heterocycles. The van der Waals surface area contributed by atoms with E-state index in [9.17, 15) is 0 Å². The Morgan fingerprint density at radius 1 is 1.18 bits per heavy atom. The van der Waals surface area contributed by atoms with Crippen molar-refractivity contribution in [3.8, 4) is 0 Å². The summed E-state index contributed by atoms with van der Waals surface area (Å²) in [5, 5.41) is 0. The van der Waals surface area contributed by atoms with Gasteiger partial charge in [0.15, 0.2) is 0 Å². The first kappa shape index (κ1) is 8.40. The zero-order chi connectivity index (χ0) is 8.06. The van der Waals surface area contributed by atoms with Crippen LogP contribution >= 0.6 is 22.2 Å². The molecule has 64 valence electrons. The van der Waals surface area contributed by atoms with Crippen molar-refractivity contribution < 1.29 is 0 Å². The maximum atomic E-state index is 6.24. The minimum Gasteiger partial charge on any atom is -0.146 e. The third-order valence-electron chi connectivity index (χ3n) is 3.39. The Morgan fingerprint density at radius 2 is 1.91 bits per heavy atom. The first-order valence-corrected chi connectivity index (χ1v) is 9.05. The second-order valence-electron chi connectivity index (χ2n) is 4.24. The van der Waals surface area contributed by atoms with Crippen LogP contribution in [0.4, 0.5) is 0 Å². The van der Waals surface area contributed by atoms with Crippen LogP contribution in [0.25, 0.3) is 0 Å². The van der Waals surface area contributed by atoms with Gasteiger partial charge >= 0.3 is 0 Å². The summed E-state index contributed by atoms with van der Waals surface area (Å²) in [6, 6.07) is 0.